The van der Waals surface area contributed by atoms with Crippen molar-refractivity contribution in [3.63, 3.8) is 0 Å². The molecule has 0 aromatic heterocycles. The first-order valence-electron chi connectivity index (χ1n) is 17.0. The fourth-order valence-corrected chi connectivity index (χ4v) is 9.31. The number of methoxy groups -OCH3 is 1. The van der Waals surface area contributed by atoms with Crippen molar-refractivity contribution < 1.29 is 33.5 Å². The SMILES string of the molecule is C=C[C@H]1O[C@@H](c2ccccc2)OC[C@]1(/C=C\[C@@]1(O)[C@@H](OCOC)[C@H]2CC[C@@]1(/C=C\Sc1ccccc1)C2(C)C)OCOCC[Si](C)(C)C. The van der Waals surface area contributed by atoms with Gasteiger partial charge in [0.25, 0.3) is 0 Å². The molecule has 2 bridgehead atoms. The third kappa shape index (κ3) is 7.50. The number of ether oxygens (including phenoxy) is 6. The van der Waals surface area contributed by atoms with Gasteiger partial charge in [-0.15, -0.1) is 6.58 Å². The van der Waals surface area contributed by atoms with Crippen molar-refractivity contribution in [2.75, 3.05) is 33.9 Å². The lowest BCUT2D eigenvalue weighted by Gasteiger charge is -2.48. The molecule has 0 unspecified atom stereocenters. The maximum Gasteiger partial charge on any atom is 0.184 e. The molecule has 7 nitrogen and oxygen atoms in total. The first-order chi connectivity index (χ1) is 22.9. The van der Waals surface area contributed by atoms with Gasteiger partial charge in [0.05, 0.1) is 12.7 Å². The van der Waals surface area contributed by atoms with Crippen LogP contribution in [-0.4, -0.2) is 70.5 Å². The molecule has 2 saturated carbocycles. The Morgan fingerprint density at radius 2 is 1.71 bits per heavy atom. The van der Waals surface area contributed by atoms with Gasteiger partial charge in [-0.1, -0.05) is 112 Å². The minimum absolute atomic E-state index is 0.0524. The Morgan fingerprint density at radius 1 is 1.00 bits per heavy atom. The van der Waals surface area contributed by atoms with E-state index in [1.54, 1.807) is 24.9 Å². The van der Waals surface area contributed by atoms with E-state index in [0.717, 1.165) is 29.3 Å². The summed E-state index contributed by atoms with van der Waals surface area (Å²) in [6.07, 6.45) is 7.85. The molecule has 2 aromatic rings. The van der Waals surface area contributed by atoms with E-state index in [-0.39, 0.29) is 31.5 Å². The molecule has 0 radical (unpaired) electrons. The van der Waals surface area contributed by atoms with Gasteiger partial charge in [-0.3, -0.25) is 0 Å². The minimum Gasteiger partial charge on any atom is -0.382 e. The van der Waals surface area contributed by atoms with E-state index >= 15 is 0 Å². The Morgan fingerprint density at radius 3 is 2.38 bits per heavy atom. The van der Waals surface area contributed by atoms with Crippen LogP contribution in [-0.2, 0) is 28.4 Å². The quantitative estimate of drug-likeness (QED) is 0.0618. The van der Waals surface area contributed by atoms with E-state index in [2.05, 4.69) is 63.7 Å². The summed E-state index contributed by atoms with van der Waals surface area (Å²) in [5.41, 5.74) is -2.48. The molecule has 3 fully saturated rings. The van der Waals surface area contributed by atoms with Crippen LogP contribution in [0.2, 0.25) is 25.7 Å². The van der Waals surface area contributed by atoms with E-state index in [1.165, 1.54) is 0 Å². The predicted molar refractivity (Wildman–Crippen MR) is 194 cm³/mol. The second-order valence-electron chi connectivity index (χ2n) is 15.0. The van der Waals surface area contributed by atoms with E-state index in [0.29, 0.717) is 6.61 Å². The summed E-state index contributed by atoms with van der Waals surface area (Å²) in [6, 6.07) is 21.2. The van der Waals surface area contributed by atoms with Crippen molar-refractivity contribution in [2.45, 2.75) is 87.0 Å². The van der Waals surface area contributed by atoms with Gasteiger partial charge in [0, 0.05) is 37.7 Å². The third-order valence-electron chi connectivity index (χ3n) is 10.6. The van der Waals surface area contributed by atoms with Crippen molar-refractivity contribution in [3.8, 4) is 0 Å². The number of hydrogen-bond donors (Lipinski definition) is 1. The average molecular weight is 695 g/mol. The number of fused-ring (bicyclic) bond motifs is 2. The molecule has 2 aliphatic carbocycles. The topological polar surface area (TPSA) is 75.6 Å². The lowest BCUT2D eigenvalue weighted by atomic mass is 9.62. The maximum atomic E-state index is 13.1. The maximum absolute atomic E-state index is 13.1. The zero-order chi connectivity index (χ0) is 34.5. The highest BCUT2D eigenvalue weighted by Crippen LogP contribution is 2.71. The minimum atomic E-state index is -1.39. The Labute approximate surface area is 292 Å². The molecule has 0 amide bonds. The van der Waals surface area contributed by atoms with Gasteiger partial charge in [-0.25, -0.2) is 0 Å². The van der Waals surface area contributed by atoms with Crippen LogP contribution in [0, 0.1) is 16.7 Å². The molecule has 1 saturated heterocycles. The fraction of sp³-hybridized carbons (Fsp3) is 0.538. The molecule has 1 aliphatic heterocycles. The fourth-order valence-electron chi connectivity index (χ4n) is 7.78. The number of benzene rings is 2. The van der Waals surface area contributed by atoms with Crippen LogP contribution >= 0.6 is 11.8 Å². The summed E-state index contributed by atoms with van der Waals surface area (Å²) in [5, 5.41) is 15.2. The standard InChI is InChI=1S/C39H54O7SSi/c1-8-33-37(45-29-42-24-26-48(5,6)7,27-43-35(46-33)30-15-11-9-12-16-30)21-22-39(40)34(44-28-41-4)32-19-20-38(39,36(32,2)3)23-25-47-31-17-13-10-14-18-31/h8-18,21-23,25,32-35,40H,1,19-20,24,26-29H2,2-7H3/b22-21-,25-23-/t32-,33-,34+,35+,37+,38-,39-/m1/s1. The van der Waals surface area contributed by atoms with E-state index in [4.69, 9.17) is 28.4 Å². The van der Waals surface area contributed by atoms with Gasteiger partial charge >= 0.3 is 0 Å². The monoisotopic (exact) mass is 694 g/mol. The molecule has 9 heteroatoms. The largest absolute Gasteiger partial charge is 0.382 e. The van der Waals surface area contributed by atoms with Gasteiger partial charge < -0.3 is 33.5 Å². The molecule has 7 atom stereocenters. The molecule has 1 N–H and O–H groups in total. The summed E-state index contributed by atoms with van der Waals surface area (Å²) in [6.45, 7) is 16.5. The molecular formula is C39H54O7SSi. The van der Waals surface area contributed by atoms with Crippen LogP contribution in [0.15, 0.2) is 102 Å². The molecule has 262 valence electrons. The van der Waals surface area contributed by atoms with Crippen LogP contribution in [0.25, 0.3) is 0 Å². The Balaban J connectivity index is 1.50. The van der Waals surface area contributed by atoms with Crippen molar-refractivity contribution in [3.05, 3.63) is 103 Å². The van der Waals surface area contributed by atoms with E-state index in [9.17, 15) is 5.11 Å². The summed E-state index contributed by atoms with van der Waals surface area (Å²) < 4.78 is 37.2. The lowest BCUT2D eigenvalue weighted by Crippen LogP contribution is -2.56. The van der Waals surface area contributed by atoms with Crippen LogP contribution in [0.3, 0.4) is 0 Å². The lowest BCUT2D eigenvalue weighted by molar-refractivity contribution is -0.292. The number of rotatable bonds is 16. The highest BCUT2D eigenvalue weighted by atomic mass is 32.2. The van der Waals surface area contributed by atoms with Gasteiger partial charge in [-0.2, -0.15) is 0 Å². The van der Waals surface area contributed by atoms with Gasteiger partial charge in [0.1, 0.15) is 30.9 Å². The number of aliphatic hydroxyl groups is 1. The molecule has 2 aromatic carbocycles. The van der Waals surface area contributed by atoms with Crippen LogP contribution in [0.1, 0.15) is 38.5 Å². The Bertz CT molecular complexity index is 1400. The highest BCUT2D eigenvalue weighted by Gasteiger charge is 2.74. The summed E-state index contributed by atoms with van der Waals surface area (Å²) >= 11 is 1.65. The Kier molecular flexibility index (Phi) is 12.0. The number of thioether (sulfide) groups is 1. The van der Waals surface area contributed by atoms with Crippen molar-refractivity contribution >= 4 is 19.8 Å². The van der Waals surface area contributed by atoms with Crippen molar-refractivity contribution in [2.24, 2.45) is 16.7 Å². The van der Waals surface area contributed by atoms with Crippen LogP contribution in [0.5, 0.6) is 0 Å². The van der Waals surface area contributed by atoms with Gasteiger partial charge in [0.2, 0.25) is 0 Å². The predicted octanol–water partition coefficient (Wildman–Crippen LogP) is 8.37. The first kappa shape index (κ1) is 37.2. The molecular weight excluding hydrogens is 641 g/mol. The van der Waals surface area contributed by atoms with Crippen LogP contribution in [0.4, 0.5) is 0 Å². The van der Waals surface area contributed by atoms with Crippen molar-refractivity contribution in [1.29, 1.82) is 0 Å². The Hall–Kier alpha value is -2.05. The molecule has 48 heavy (non-hydrogen) atoms. The first-order valence-corrected chi connectivity index (χ1v) is 21.6. The van der Waals surface area contributed by atoms with Gasteiger partial charge in [-0.05, 0) is 53.8 Å². The smallest absolute Gasteiger partial charge is 0.184 e. The molecule has 0 spiro atoms. The van der Waals surface area contributed by atoms with Gasteiger partial charge in [0.15, 0.2) is 6.29 Å². The second-order valence-corrected chi connectivity index (χ2v) is 21.6. The second kappa shape index (κ2) is 15.5. The highest BCUT2D eigenvalue weighted by molar-refractivity contribution is 8.02. The van der Waals surface area contributed by atoms with E-state index in [1.807, 2.05) is 60.7 Å². The molecule has 1 heterocycles. The van der Waals surface area contributed by atoms with Crippen molar-refractivity contribution in [1.82, 2.24) is 0 Å². The zero-order valence-electron chi connectivity index (χ0n) is 29.4. The van der Waals surface area contributed by atoms with Crippen LogP contribution < -0.4 is 0 Å². The average Bonchev–Trinajstić information content (AvgIpc) is 3.40. The van der Waals surface area contributed by atoms with E-state index < -0.39 is 43.2 Å². The summed E-state index contributed by atoms with van der Waals surface area (Å²) in [7, 11) is 0.327. The molecule has 3 aliphatic rings. The zero-order valence-corrected chi connectivity index (χ0v) is 31.2. The summed E-state index contributed by atoms with van der Waals surface area (Å²) in [5.74, 6) is 0.104. The third-order valence-corrected chi connectivity index (χ3v) is 13.2. The summed E-state index contributed by atoms with van der Waals surface area (Å²) in [4.78, 5) is 1.14. The normalized spacial score (nSPS) is 33.1. The number of hydrogen-bond acceptors (Lipinski definition) is 8. The molecule has 5 rings (SSSR count).